The molecule has 0 fully saturated rings. The number of aromatic nitrogens is 3. The minimum absolute atomic E-state index is 0.457. The van der Waals surface area contributed by atoms with Crippen molar-refractivity contribution < 1.29 is 0 Å². The Morgan fingerprint density at radius 2 is 1.62 bits per heavy atom. The molecule has 0 amide bonds. The van der Waals surface area contributed by atoms with E-state index in [9.17, 15) is 0 Å². The van der Waals surface area contributed by atoms with Gasteiger partial charge in [-0.3, -0.25) is 4.40 Å². The monoisotopic (exact) mass is 217 g/mol. The predicted octanol–water partition coefficient (Wildman–Crippen LogP) is 3.09. The van der Waals surface area contributed by atoms with Gasteiger partial charge in [-0.15, -0.1) is 0 Å². The van der Waals surface area contributed by atoms with Gasteiger partial charge >= 0.3 is 0 Å². The molecule has 86 valence electrons. The number of nitrogens with zero attached hydrogens (tertiary/aromatic N) is 3. The molecule has 0 aliphatic carbocycles. The molecule has 0 aliphatic rings. The molecule has 0 N–H and O–H groups in total. The van der Waals surface area contributed by atoms with Crippen molar-refractivity contribution in [1.82, 2.24) is 14.4 Å². The molecule has 0 saturated heterocycles. The molecular weight excluding hydrogens is 198 g/mol. The van der Waals surface area contributed by atoms with Crippen molar-refractivity contribution in [3.8, 4) is 0 Å². The van der Waals surface area contributed by atoms with Gasteiger partial charge in [-0.1, -0.05) is 13.8 Å². The number of aryl methyl sites for hydroxylation is 3. The molecule has 3 nitrogen and oxygen atoms in total. The van der Waals surface area contributed by atoms with Crippen molar-refractivity contribution in [2.45, 2.75) is 47.5 Å². The summed E-state index contributed by atoms with van der Waals surface area (Å²) in [5.74, 6) is 1.48. The summed E-state index contributed by atoms with van der Waals surface area (Å²) in [5, 5.41) is 0. The Hall–Kier alpha value is -1.38. The standard InChI is InChI=1S/C13H19N3/c1-7(2)12-8(3)10(5)16-11(6)14-9(4)13(16)15-12/h7H,1-6H3. The van der Waals surface area contributed by atoms with Crippen LogP contribution in [0.2, 0.25) is 0 Å². The fourth-order valence-electron chi connectivity index (χ4n) is 2.30. The van der Waals surface area contributed by atoms with Crippen molar-refractivity contribution in [2.75, 3.05) is 0 Å². The molecule has 0 aromatic carbocycles. The topological polar surface area (TPSA) is 30.2 Å². The summed E-state index contributed by atoms with van der Waals surface area (Å²) in [6.45, 7) is 12.7. The normalized spacial score (nSPS) is 11.7. The second kappa shape index (κ2) is 3.58. The first-order valence-corrected chi connectivity index (χ1v) is 5.76. The molecule has 0 spiro atoms. The number of rotatable bonds is 1. The first-order chi connectivity index (χ1) is 7.43. The molecule has 3 heteroatoms. The Kier molecular flexibility index (Phi) is 2.49. The van der Waals surface area contributed by atoms with E-state index < -0.39 is 0 Å². The van der Waals surface area contributed by atoms with Gasteiger partial charge in [-0.05, 0) is 39.2 Å². The molecule has 2 heterocycles. The highest BCUT2D eigenvalue weighted by Gasteiger charge is 2.15. The van der Waals surface area contributed by atoms with E-state index in [1.807, 2.05) is 13.8 Å². The van der Waals surface area contributed by atoms with Crippen molar-refractivity contribution >= 4 is 5.65 Å². The molecule has 0 unspecified atom stereocenters. The van der Waals surface area contributed by atoms with E-state index in [2.05, 4.69) is 37.1 Å². The summed E-state index contributed by atoms with van der Waals surface area (Å²) in [7, 11) is 0. The summed E-state index contributed by atoms with van der Waals surface area (Å²) in [6, 6.07) is 0. The highest BCUT2D eigenvalue weighted by atomic mass is 15.1. The van der Waals surface area contributed by atoms with Crippen LogP contribution in [0.1, 0.15) is 48.2 Å². The zero-order valence-corrected chi connectivity index (χ0v) is 10.9. The Labute approximate surface area is 96.5 Å². The number of hydrogen-bond donors (Lipinski definition) is 0. The number of hydrogen-bond acceptors (Lipinski definition) is 2. The van der Waals surface area contributed by atoms with Crippen LogP contribution in [0.25, 0.3) is 5.65 Å². The van der Waals surface area contributed by atoms with E-state index in [0.29, 0.717) is 5.92 Å². The van der Waals surface area contributed by atoms with Gasteiger partial charge in [-0.25, -0.2) is 9.97 Å². The Balaban J connectivity index is 2.91. The molecule has 0 saturated carbocycles. The van der Waals surface area contributed by atoms with Crippen LogP contribution in [0.3, 0.4) is 0 Å². The largest absolute Gasteiger partial charge is 0.285 e. The summed E-state index contributed by atoms with van der Waals surface area (Å²) in [5.41, 5.74) is 5.75. The van der Waals surface area contributed by atoms with E-state index in [1.54, 1.807) is 0 Å². The Morgan fingerprint density at radius 3 is 2.19 bits per heavy atom. The highest BCUT2D eigenvalue weighted by molar-refractivity contribution is 5.49. The van der Waals surface area contributed by atoms with Crippen LogP contribution >= 0.6 is 0 Å². The molecule has 2 rings (SSSR count). The predicted molar refractivity (Wildman–Crippen MR) is 66.0 cm³/mol. The lowest BCUT2D eigenvalue weighted by atomic mass is 10.0. The van der Waals surface area contributed by atoms with Gasteiger partial charge in [0.05, 0.1) is 11.4 Å². The van der Waals surface area contributed by atoms with Gasteiger partial charge < -0.3 is 0 Å². The maximum absolute atomic E-state index is 4.76. The average molecular weight is 217 g/mol. The van der Waals surface area contributed by atoms with Gasteiger partial charge in [0.1, 0.15) is 5.82 Å². The van der Waals surface area contributed by atoms with Crippen LogP contribution in [0.4, 0.5) is 0 Å². The average Bonchev–Trinajstić information content (AvgIpc) is 2.47. The second-order valence-electron chi connectivity index (χ2n) is 4.77. The smallest absolute Gasteiger partial charge is 0.160 e. The lowest BCUT2D eigenvalue weighted by molar-refractivity contribution is 0.795. The minimum atomic E-state index is 0.457. The van der Waals surface area contributed by atoms with Crippen molar-refractivity contribution in [3.63, 3.8) is 0 Å². The van der Waals surface area contributed by atoms with Crippen molar-refractivity contribution in [1.29, 1.82) is 0 Å². The molecule has 0 radical (unpaired) electrons. The Bertz CT molecular complexity index is 550. The van der Waals surface area contributed by atoms with Gasteiger partial charge in [0.25, 0.3) is 0 Å². The molecule has 2 aromatic rings. The minimum Gasteiger partial charge on any atom is -0.285 e. The van der Waals surface area contributed by atoms with Crippen molar-refractivity contribution in [3.05, 3.63) is 28.5 Å². The lowest BCUT2D eigenvalue weighted by Gasteiger charge is -2.13. The van der Waals surface area contributed by atoms with E-state index >= 15 is 0 Å². The van der Waals surface area contributed by atoms with Crippen LogP contribution in [0.5, 0.6) is 0 Å². The molecule has 0 aliphatic heterocycles. The van der Waals surface area contributed by atoms with Gasteiger partial charge in [0.2, 0.25) is 0 Å². The molecule has 16 heavy (non-hydrogen) atoms. The maximum Gasteiger partial charge on any atom is 0.160 e. The van der Waals surface area contributed by atoms with Crippen LogP contribution in [-0.2, 0) is 0 Å². The summed E-state index contributed by atoms with van der Waals surface area (Å²) in [4.78, 5) is 9.25. The quantitative estimate of drug-likeness (QED) is 0.734. The third-order valence-electron chi connectivity index (χ3n) is 3.22. The van der Waals surface area contributed by atoms with Gasteiger partial charge in [0, 0.05) is 5.69 Å². The van der Waals surface area contributed by atoms with E-state index in [-0.39, 0.29) is 0 Å². The van der Waals surface area contributed by atoms with Crippen LogP contribution in [0, 0.1) is 27.7 Å². The van der Waals surface area contributed by atoms with Crippen molar-refractivity contribution in [2.24, 2.45) is 0 Å². The first-order valence-electron chi connectivity index (χ1n) is 5.76. The second-order valence-corrected chi connectivity index (χ2v) is 4.77. The first kappa shape index (κ1) is 11.1. The zero-order valence-electron chi connectivity index (χ0n) is 10.9. The fourth-order valence-corrected chi connectivity index (χ4v) is 2.30. The third kappa shape index (κ3) is 1.42. The summed E-state index contributed by atoms with van der Waals surface area (Å²) >= 11 is 0. The van der Waals surface area contributed by atoms with Gasteiger partial charge in [-0.2, -0.15) is 0 Å². The maximum atomic E-state index is 4.76. The van der Waals surface area contributed by atoms with Crippen LogP contribution in [-0.4, -0.2) is 14.4 Å². The van der Waals surface area contributed by atoms with E-state index in [0.717, 1.165) is 17.2 Å². The van der Waals surface area contributed by atoms with E-state index in [1.165, 1.54) is 17.0 Å². The highest BCUT2D eigenvalue weighted by Crippen LogP contribution is 2.23. The van der Waals surface area contributed by atoms with Gasteiger partial charge in [0.15, 0.2) is 5.65 Å². The molecule has 2 aromatic heterocycles. The fraction of sp³-hybridized carbons (Fsp3) is 0.538. The zero-order chi connectivity index (χ0) is 12.0. The van der Waals surface area contributed by atoms with Crippen LogP contribution in [0.15, 0.2) is 0 Å². The van der Waals surface area contributed by atoms with E-state index in [4.69, 9.17) is 4.98 Å². The molecule has 0 bridgehead atoms. The number of imidazole rings is 1. The third-order valence-corrected chi connectivity index (χ3v) is 3.22. The van der Waals surface area contributed by atoms with Crippen LogP contribution < -0.4 is 0 Å². The molecular formula is C13H19N3. The summed E-state index contributed by atoms with van der Waals surface area (Å²) in [6.07, 6.45) is 0. The molecule has 0 atom stereocenters. The lowest BCUT2D eigenvalue weighted by Crippen LogP contribution is -2.06. The SMILES string of the molecule is Cc1c(C(C)C)nc2c(C)nc(C)n2c1C. The number of fused-ring (bicyclic) bond motifs is 1. The Morgan fingerprint density at radius 1 is 1.00 bits per heavy atom. The summed E-state index contributed by atoms with van der Waals surface area (Å²) < 4.78 is 2.15.